The number of benzene rings is 2. The van der Waals surface area contributed by atoms with Crippen LogP contribution in [0.2, 0.25) is 0 Å². The summed E-state index contributed by atoms with van der Waals surface area (Å²) in [5.74, 6) is 0.917. The lowest BCUT2D eigenvalue weighted by Gasteiger charge is -2.19. The zero-order valence-electron chi connectivity index (χ0n) is 11.4. The molecule has 0 spiro atoms. The Kier molecular flexibility index (Phi) is 4.48. The molecular weight excluding hydrogens is 302 g/mol. The van der Waals surface area contributed by atoms with E-state index >= 15 is 0 Å². The van der Waals surface area contributed by atoms with Crippen LogP contribution in [0.3, 0.4) is 0 Å². The summed E-state index contributed by atoms with van der Waals surface area (Å²) in [7, 11) is 1.71. The van der Waals surface area contributed by atoms with E-state index in [1.165, 1.54) is 11.1 Å². The minimum absolute atomic E-state index is 0.184. The second kappa shape index (κ2) is 6.11. The van der Waals surface area contributed by atoms with Crippen LogP contribution in [0.4, 0.5) is 5.69 Å². The molecule has 100 valence electrons. The Morgan fingerprint density at radius 1 is 1.16 bits per heavy atom. The number of ether oxygens (including phenoxy) is 1. The van der Waals surface area contributed by atoms with Crippen molar-refractivity contribution in [3.8, 4) is 5.75 Å². The van der Waals surface area contributed by atoms with E-state index in [1.807, 2.05) is 18.2 Å². The van der Waals surface area contributed by atoms with Crippen molar-refractivity contribution in [2.45, 2.75) is 19.9 Å². The molecule has 19 heavy (non-hydrogen) atoms. The lowest BCUT2D eigenvalue weighted by molar-refractivity contribution is 0.408. The Balaban J connectivity index is 2.24. The fourth-order valence-corrected chi connectivity index (χ4v) is 2.50. The van der Waals surface area contributed by atoms with E-state index in [1.54, 1.807) is 7.11 Å². The highest BCUT2D eigenvalue weighted by Crippen LogP contribution is 2.29. The van der Waals surface area contributed by atoms with Crippen molar-refractivity contribution in [3.05, 3.63) is 58.1 Å². The van der Waals surface area contributed by atoms with Gasteiger partial charge < -0.3 is 10.1 Å². The zero-order valence-corrected chi connectivity index (χ0v) is 13.0. The van der Waals surface area contributed by atoms with Crippen molar-refractivity contribution < 1.29 is 4.74 Å². The fourth-order valence-electron chi connectivity index (χ4n) is 2.10. The first-order valence-corrected chi connectivity index (χ1v) is 7.06. The van der Waals surface area contributed by atoms with Gasteiger partial charge in [0.25, 0.3) is 0 Å². The minimum atomic E-state index is 0.184. The highest BCUT2D eigenvalue weighted by Gasteiger charge is 2.11. The molecule has 2 aromatic carbocycles. The Labute approximate surface area is 122 Å². The SMILES string of the molecule is COc1ccc(C)cc1C(C)Nc1cccc(Br)c1. The third-order valence-corrected chi connectivity index (χ3v) is 3.55. The molecule has 3 heteroatoms. The van der Waals surface area contributed by atoms with E-state index in [0.29, 0.717) is 0 Å². The summed E-state index contributed by atoms with van der Waals surface area (Å²) in [6, 6.07) is 14.6. The standard InChI is InChI=1S/C16H18BrNO/c1-11-7-8-16(19-3)15(9-11)12(2)18-14-6-4-5-13(17)10-14/h4-10,12,18H,1-3H3. The predicted molar refractivity (Wildman–Crippen MR) is 83.9 cm³/mol. The van der Waals surface area contributed by atoms with E-state index < -0.39 is 0 Å². The van der Waals surface area contributed by atoms with E-state index in [0.717, 1.165) is 15.9 Å². The Bertz CT molecular complexity index is 568. The first kappa shape index (κ1) is 13.9. The predicted octanol–water partition coefficient (Wildman–Crippen LogP) is 4.94. The molecule has 0 aliphatic carbocycles. The topological polar surface area (TPSA) is 21.3 Å². The first-order valence-electron chi connectivity index (χ1n) is 6.27. The average Bonchev–Trinajstić information content (AvgIpc) is 2.38. The van der Waals surface area contributed by atoms with Gasteiger partial charge in [-0.1, -0.05) is 39.7 Å². The zero-order chi connectivity index (χ0) is 13.8. The fraction of sp³-hybridized carbons (Fsp3) is 0.250. The first-order chi connectivity index (χ1) is 9.10. The van der Waals surface area contributed by atoms with Crippen LogP contribution in [0, 0.1) is 6.92 Å². The van der Waals surface area contributed by atoms with Crippen molar-refractivity contribution in [1.29, 1.82) is 0 Å². The van der Waals surface area contributed by atoms with Crippen LogP contribution in [-0.4, -0.2) is 7.11 Å². The molecule has 0 fully saturated rings. The number of halogens is 1. The molecule has 0 bridgehead atoms. The summed E-state index contributed by atoms with van der Waals surface area (Å²) in [5, 5.41) is 3.49. The lowest BCUT2D eigenvalue weighted by Crippen LogP contribution is -2.08. The van der Waals surface area contributed by atoms with Gasteiger partial charge >= 0.3 is 0 Å². The molecule has 1 N–H and O–H groups in total. The van der Waals surface area contributed by atoms with Gasteiger partial charge in [0.05, 0.1) is 13.2 Å². The van der Waals surface area contributed by atoms with Crippen LogP contribution < -0.4 is 10.1 Å². The molecular formula is C16H18BrNO. The normalized spacial score (nSPS) is 12.0. The van der Waals surface area contributed by atoms with Crippen LogP contribution >= 0.6 is 15.9 Å². The van der Waals surface area contributed by atoms with Gasteiger partial charge in [-0.15, -0.1) is 0 Å². The molecule has 2 rings (SSSR count). The van der Waals surface area contributed by atoms with Gasteiger partial charge in [-0.25, -0.2) is 0 Å². The third kappa shape index (κ3) is 3.51. The number of aryl methyl sites for hydroxylation is 1. The summed E-state index contributed by atoms with van der Waals surface area (Å²) >= 11 is 3.48. The third-order valence-electron chi connectivity index (χ3n) is 3.06. The summed E-state index contributed by atoms with van der Waals surface area (Å²) in [5.41, 5.74) is 3.49. The molecule has 0 heterocycles. The molecule has 0 aromatic heterocycles. The van der Waals surface area contributed by atoms with Gasteiger partial charge in [0.1, 0.15) is 5.75 Å². The lowest BCUT2D eigenvalue weighted by atomic mass is 10.0. The van der Waals surface area contributed by atoms with Gasteiger partial charge in [-0.2, -0.15) is 0 Å². The monoisotopic (exact) mass is 319 g/mol. The van der Waals surface area contributed by atoms with Crippen LogP contribution in [0.15, 0.2) is 46.9 Å². The van der Waals surface area contributed by atoms with Crippen LogP contribution in [-0.2, 0) is 0 Å². The maximum absolute atomic E-state index is 5.43. The molecule has 0 amide bonds. The maximum atomic E-state index is 5.43. The Morgan fingerprint density at radius 3 is 2.63 bits per heavy atom. The molecule has 0 saturated heterocycles. The van der Waals surface area contributed by atoms with Crippen LogP contribution in [0.1, 0.15) is 24.1 Å². The highest BCUT2D eigenvalue weighted by atomic mass is 79.9. The molecule has 1 atom stereocenters. The molecule has 2 nitrogen and oxygen atoms in total. The molecule has 0 aliphatic heterocycles. The summed E-state index contributed by atoms with van der Waals surface area (Å²) < 4.78 is 6.50. The largest absolute Gasteiger partial charge is 0.496 e. The van der Waals surface area contributed by atoms with Gasteiger partial charge in [0, 0.05) is 15.7 Å². The van der Waals surface area contributed by atoms with Crippen molar-refractivity contribution in [2.75, 3.05) is 12.4 Å². The smallest absolute Gasteiger partial charge is 0.124 e. The number of anilines is 1. The highest BCUT2D eigenvalue weighted by molar-refractivity contribution is 9.10. The number of hydrogen-bond acceptors (Lipinski definition) is 2. The van der Waals surface area contributed by atoms with Crippen LogP contribution in [0.25, 0.3) is 0 Å². The Morgan fingerprint density at radius 2 is 1.95 bits per heavy atom. The van der Waals surface area contributed by atoms with Crippen molar-refractivity contribution in [2.24, 2.45) is 0 Å². The second-order valence-electron chi connectivity index (χ2n) is 4.62. The van der Waals surface area contributed by atoms with Crippen LogP contribution in [0.5, 0.6) is 5.75 Å². The van der Waals surface area contributed by atoms with Gasteiger partial charge in [0.2, 0.25) is 0 Å². The summed E-state index contributed by atoms with van der Waals surface area (Å²) in [6.45, 7) is 4.23. The number of rotatable bonds is 4. The molecule has 0 saturated carbocycles. The average molecular weight is 320 g/mol. The maximum Gasteiger partial charge on any atom is 0.124 e. The van der Waals surface area contributed by atoms with Gasteiger partial charge in [0.15, 0.2) is 0 Å². The number of methoxy groups -OCH3 is 1. The van der Waals surface area contributed by atoms with Crippen molar-refractivity contribution in [3.63, 3.8) is 0 Å². The molecule has 0 aliphatic rings. The molecule has 0 radical (unpaired) electrons. The number of nitrogens with one attached hydrogen (secondary N) is 1. The van der Waals surface area contributed by atoms with E-state index in [9.17, 15) is 0 Å². The second-order valence-corrected chi connectivity index (χ2v) is 5.54. The van der Waals surface area contributed by atoms with Crippen molar-refractivity contribution in [1.82, 2.24) is 0 Å². The van der Waals surface area contributed by atoms with Gasteiger partial charge in [-0.3, -0.25) is 0 Å². The molecule has 1 unspecified atom stereocenters. The molecule has 2 aromatic rings. The number of hydrogen-bond donors (Lipinski definition) is 1. The van der Waals surface area contributed by atoms with E-state index in [4.69, 9.17) is 4.74 Å². The summed E-state index contributed by atoms with van der Waals surface area (Å²) in [6.07, 6.45) is 0. The quantitative estimate of drug-likeness (QED) is 0.861. The minimum Gasteiger partial charge on any atom is -0.496 e. The summed E-state index contributed by atoms with van der Waals surface area (Å²) in [4.78, 5) is 0. The van der Waals surface area contributed by atoms with E-state index in [-0.39, 0.29) is 6.04 Å². The van der Waals surface area contributed by atoms with E-state index in [2.05, 4.69) is 59.4 Å². The Hall–Kier alpha value is -1.48. The van der Waals surface area contributed by atoms with Crippen molar-refractivity contribution >= 4 is 21.6 Å². The van der Waals surface area contributed by atoms with Gasteiger partial charge in [-0.05, 0) is 38.1 Å².